The third-order valence-electron chi connectivity index (χ3n) is 2.89. The predicted molar refractivity (Wildman–Crippen MR) is 60.7 cm³/mol. The van der Waals surface area contributed by atoms with Gasteiger partial charge in [-0.25, -0.2) is 4.79 Å². The SMILES string of the molecule is Cn1nnc(CN2CCC(OCC(=O)O)CC2)n1. The van der Waals surface area contributed by atoms with Gasteiger partial charge in [0.1, 0.15) is 6.61 Å². The van der Waals surface area contributed by atoms with E-state index in [9.17, 15) is 4.79 Å². The van der Waals surface area contributed by atoms with Crippen molar-refractivity contribution in [1.29, 1.82) is 0 Å². The zero-order chi connectivity index (χ0) is 13.0. The van der Waals surface area contributed by atoms with E-state index in [4.69, 9.17) is 9.84 Å². The van der Waals surface area contributed by atoms with Crippen LogP contribution in [0.3, 0.4) is 0 Å². The number of tetrazole rings is 1. The maximum Gasteiger partial charge on any atom is 0.329 e. The first-order chi connectivity index (χ1) is 8.63. The number of hydrogen-bond donors (Lipinski definition) is 1. The summed E-state index contributed by atoms with van der Waals surface area (Å²) in [7, 11) is 1.74. The van der Waals surface area contributed by atoms with Crippen LogP contribution in [0.15, 0.2) is 0 Å². The Kier molecular flexibility index (Phi) is 4.21. The molecule has 0 aromatic carbocycles. The van der Waals surface area contributed by atoms with Gasteiger partial charge >= 0.3 is 5.97 Å². The van der Waals surface area contributed by atoms with Gasteiger partial charge in [0, 0.05) is 13.1 Å². The average molecular weight is 255 g/mol. The topological polar surface area (TPSA) is 93.4 Å². The minimum absolute atomic E-state index is 0.0483. The molecular weight excluding hydrogens is 238 g/mol. The van der Waals surface area contributed by atoms with Crippen LogP contribution in [-0.2, 0) is 23.1 Å². The van der Waals surface area contributed by atoms with Gasteiger partial charge in [0.25, 0.3) is 0 Å². The molecule has 1 aromatic rings. The molecule has 2 rings (SSSR count). The zero-order valence-electron chi connectivity index (χ0n) is 10.3. The van der Waals surface area contributed by atoms with E-state index < -0.39 is 5.97 Å². The molecule has 0 unspecified atom stereocenters. The second-order valence-corrected chi connectivity index (χ2v) is 4.38. The van der Waals surface area contributed by atoms with Gasteiger partial charge in [-0.05, 0) is 18.1 Å². The van der Waals surface area contributed by atoms with Crippen molar-refractivity contribution in [2.24, 2.45) is 7.05 Å². The van der Waals surface area contributed by atoms with E-state index in [2.05, 4.69) is 20.3 Å². The first-order valence-electron chi connectivity index (χ1n) is 5.92. The second kappa shape index (κ2) is 5.87. The molecule has 18 heavy (non-hydrogen) atoms. The summed E-state index contributed by atoms with van der Waals surface area (Å²) in [4.78, 5) is 14.1. The Balaban J connectivity index is 1.71. The van der Waals surface area contributed by atoms with Gasteiger partial charge in [0.2, 0.25) is 0 Å². The van der Waals surface area contributed by atoms with Crippen molar-refractivity contribution in [3.05, 3.63) is 5.82 Å². The zero-order valence-corrected chi connectivity index (χ0v) is 10.3. The number of aromatic nitrogens is 4. The van der Waals surface area contributed by atoms with Crippen molar-refractivity contribution in [2.45, 2.75) is 25.5 Å². The molecule has 2 heterocycles. The molecular formula is C10H17N5O3. The minimum Gasteiger partial charge on any atom is -0.480 e. The van der Waals surface area contributed by atoms with Gasteiger partial charge in [-0.2, -0.15) is 4.80 Å². The highest BCUT2D eigenvalue weighted by atomic mass is 16.5. The summed E-state index contributed by atoms with van der Waals surface area (Å²) in [6.45, 7) is 2.20. The smallest absolute Gasteiger partial charge is 0.329 e. The monoisotopic (exact) mass is 255 g/mol. The highest BCUT2D eigenvalue weighted by Crippen LogP contribution is 2.14. The van der Waals surface area contributed by atoms with Crippen molar-refractivity contribution in [3.63, 3.8) is 0 Å². The van der Waals surface area contributed by atoms with E-state index in [-0.39, 0.29) is 12.7 Å². The first kappa shape index (κ1) is 12.9. The Labute approximate surface area is 105 Å². The molecule has 8 heteroatoms. The van der Waals surface area contributed by atoms with E-state index in [0.29, 0.717) is 12.4 Å². The van der Waals surface area contributed by atoms with Crippen LogP contribution >= 0.6 is 0 Å². The first-order valence-corrected chi connectivity index (χ1v) is 5.92. The summed E-state index contributed by atoms with van der Waals surface area (Å²) in [5, 5.41) is 20.4. The van der Waals surface area contributed by atoms with E-state index >= 15 is 0 Å². The number of rotatable bonds is 5. The van der Waals surface area contributed by atoms with Gasteiger partial charge in [0.15, 0.2) is 5.82 Å². The number of piperidine rings is 1. The molecule has 1 N–H and O–H groups in total. The Morgan fingerprint density at radius 1 is 1.50 bits per heavy atom. The van der Waals surface area contributed by atoms with Gasteiger partial charge in [0.05, 0.1) is 19.7 Å². The molecule has 0 spiro atoms. The summed E-state index contributed by atoms with van der Waals surface area (Å²) in [5.41, 5.74) is 0. The van der Waals surface area contributed by atoms with Gasteiger partial charge in [-0.3, -0.25) is 4.90 Å². The number of ether oxygens (including phenoxy) is 1. The van der Waals surface area contributed by atoms with Crippen molar-refractivity contribution < 1.29 is 14.6 Å². The number of likely N-dealkylation sites (tertiary alicyclic amines) is 1. The maximum atomic E-state index is 10.4. The molecule has 0 radical (unpaired) electrons. The summed E-state index contributed by atoms with van der Waals surface area (Å²) in [6.07, 6.45) is 1.73. The lowest BCUT2D eigenvalue weighted by molar-refractivity contribution is -0.145. The van der Waals surface area contributed by atoms with Crippen LogP contribution in [0.25, 0.3) is 0 Å². The van der Waals surface area contributed by atoms with E-state index in [1.807, 2.05) is 0 Å². The number of aliphatic carboxylic acids is 1. The van der Waals surface area contributed by atoms with Crippen molar-refractivity contribution in [1.82, 2.24) is 25.1 Å². The molecule has 0 saturated carbocycles. The molecule has 0 amide bonds. The molecule has 100 valence electrons. The molecule has 8 nitrogen and oxygen atoms in total. The third kappa shape index (κ3) is 3.74. The van der Waals surface area contributed by atoms with Crippen LogP contribution in [-0.4, -0.2) is 62.0 Å². The summed E-state index contributed by atoms with van der Waals surface area (Å²) in [6, 6.07) is 0. The van der Waals surface area contributed by atoms with Crippen molar-refractivity contribution >= 4 is 5.97 Å². The fourth-order valence-corrected chi connectivity index (χ4v) is 2.01. The molecule has 0 bridgehead atoms. The molecule has 0 aliphatic carbocycles. The summed E-state index contributed by atoms with van der Waals surface area (Å²) < 4.78 is 5.27. The summed E-state index contributed by atoms with van der Waals surface area (Å²) in [5.74, 6) is -0.205. The van der Waals surface area contributed by atoms with Crippen LogP contribution in [0.5, 0.6) is 0 Å². The largest absolute Gasteiger partial charge is 0.480 e. The van der Waals surface area contributed by atoms with Gasteiger partial charge < -0.3 is 9.84 Å². The Morgan fingerprint density at radius 2 is 2.22 bits per heavy atom. The highest BCUT2D eigenvalue weighted by Gasteiger charge is 2.21. The average Bonchev–Trinajstić information content (AvgIpc) is 2.74. The maximum absolute atomic E-state index is 10.4. The Bertz CT molecular complexity index is 400. The quantitative estimate of drug-likeness (QED) is 0.741. The normalized spacial score (nSPS) is 18.1. The third-order valence-corrected chi connectivity index (χ3v) is 2.89. The number of aryl methyl sites for hydroxylation is 1. The fourth-order valence-electron chi connectivity index (χ4n) is 2.01. The number of carboxylic acids is 1. The van der Waals surface area contributed by atoms with E-state index in [1.165, 1.54) is 4.80 Å². The van der Waals surface area contributed by atoms with E-state index in [0.717, 1.165) is 25.9 Å². The lowest BCUT2D eigenvalue weighted by Crippen LogP contribution is -2.37. The van der Waals surface area contributed by atoms with Gasteiger partial charge in [-0.1, -0.05) is 0 Å². The molecule has 1 aromatic heterocycles. The van der Waals surface area contributed by atoms with Crippen LogP contribution in [0.2, 0.25) is 0 Å². The molecule has 1 aliphatic rings. The minimum atomic E-state index is -0.916. The number of hydrogen-bond acceptors (Lipinski definition) is 6. The molecule has 1 aliphatic heterocycles. The van der Waals surface area contributed by atoms with Crippen LogP contribution in [0, 0.1) is 0 Å². The van der Waals surface area contributed by atoms with E-state index in [1.54, 1.807) is 7.05 Å². The van der Waals surface area contributed by atoms with Gasteiger partial charge in [-0.15, -0.1) is 10.2 Å². The lowest BCUT2D eigenvalue weighted by atomic mass is 10.1. The van der Waals surface area contributed by atoms with Crippen LogP contribution < -0.4 is 0 Å². The second-order valence-electron chi connectivity index (χ2n) is 4.38. The number of carbonyl (C=O) groups is 1. The number of nitrogens with zero attached hydrogens (tertiary/aromatic N) is 5. The number of carboxylic acid groups (broad SMARTS) is 1. The van der Waals surface area contributed by atoms with Crippen LogP contribution in [0.1, 0.15) is 18.7 Å². The standard InChI is InChI=1S/C10H17N5O3/c1-14-12-9(11-13-14)6-15-4-2-8(3-5-15)18-7-10(16)17/h8H,2-7H2,1H3,(H,16,17). The Hall–Kier alpha value is -1.54. The Morgan fingerprint density at radius 3 is 2.78 bits per heavy atom. The fraction of sp³-hybridized carbons (Fsp3) is 0.800. The van der Waals surface area contributed by atoms with Crippen LogP contribution in [0.4, 0.5) is 0 Å². The predicted octanol–water partition coefficient (Wildman–Crippen LogP) is -0.724. The molecule has 1 fully saturated rings. The van der Waals surface area contributed by atoms with Crippen molar-refractivity contribution in [3.8, 4) is 0 Å². The lowest BCUT2D eigenvalue weighted by Gasteiger charge is -2.30. The summed E-state index contributed by atoms with van der Waals surface area (Å²) >= 11 is 0. The van der Waals surface area contributed by atoms with Crippen molar-refractivity contribution in [2.75, 3.05) is 19.7 Å². The highest BCUT2D eigenvalue weighted by molar-refractivity contribution is 5.68. The molecule has 1 saturated heterocycles. The molecule has 0 atom stereocenters.